The summed E-state index contributed by atoms with van der Waals surface area (Å²) in [5.41, 5.74) is 6.11. The average Bonchev–Trinajstić information content (AvgIpc) is 2.73. The van der Waals surface area contributed by atoms with Crippen LogP contribution in [0.5, 0.6) is 0 Å². The third kappa shape index (κ3) is 4.10. The zero-order valence-electron chi connectivity index (χ0n) is 12.8. The highest BCUT2D eigenvalue weighted by Crippen LogP contribution is 2.26. The van der Waals surface area contributed by atoms with Crippen LogP contribution >= 0.6 is 0 Å². The van der Waals surface area contributed by atoms with Gasteiger partial charge in [0.2, 0.25) is 0 Å². The molecule has 0 saturated carbocycles. The molecule has 8 nitrogen and oxygen atoms in total. The van der Waals surface area contributed by atoms with Crippen molar-refractivity contribution in [2.45, 2.75) is 20.4 Å². The zero-order chi connectivity index (χ0) is 16.2. The van der Waals surface area contributed by atoms with E-state index in [2.05, 4.69) is 5.10 Å². The first-order valence-electron chi connectivity index (χ1n) is 6.62. The third-order valence-corrected chi connectivity index (χ3v) is 4.02. The smallest absolute Gasteiger partial charge is 0.345 e. The van der Waals surface area contributed by atoms with Crippen LogP contribution in [0.3, 0.4) is 0 Å². The van der Waals surface area contributed by atoms with Crippen LogP contribution in [0.25, 0.3) is 0 Å². The van der Waals surface area contributed by atoms with Crippen LogP contribution < -0.4 is 10.6 Å². The van der Waals surface area contributed by atoms with E-state index in [0.29, 0.717) is 18.9 Å². The van der Waals surface area contributed by atoms with Crippen molar-refractivity contribution in [2.75, 3.05) is 42.8 Å². The molecule has 120 valence electrons. The van der Waals surface area contributed by atoms with Gasteiger partial charge in [-0.05, 0) is 13.8 Å². The topological polar surface area (TPSA) is 108 Å². The number of nitrogens with two attached hydrogens (primary N) is 1. The Morgan fingerprint density at radius 1 is 1.38 bits per heavy atom. The maximum Gasteiger partial charge on any atom is 0.345 e. The lowest BCUT2D eigenvalue weighted by Gasteiger charge is -2.18. The van der Waals surface area contributed by atoms with Crippen molar-refractivity contribution in [3.8, 4) is 0 Å². The number of aryl methyl sites for hydroxylation is 1. The molecule has 0 bridgehead atoms. The van der Waals surface area contributed by atoms with Crippen molar-refractivity contribution >= 4 is 27.4 Å². The minimum atomic E-state index is -3.15. The lowest BCUT2D eigenvalue weighted by atomic mass is 10.2. The van der Waals surface area contributed by atoms with Gasteiger partial charge in [-0.15, -0.1) is 0 Å². The normalized spacial score (nSPS) is 11.4. The molecule has 21 heavy (non-hydrogen) atoms. The summed E-state index contributed by atoms with van der Waals surface area (Å²) in [7, 11) is -1.88. The molecule has 0 unspecified atom stereocenters. The molecule has 1 heterocycles. The number of hydrogen-bond acceptors (Lipinski definition) is 7. The molecule has 0 spiro atoms. The number of ether oxygens (including phenoxy) is 1. The van der Waals surface area contributed by atoms with Crippen molar-refractivity contribution in [3.63, 3.8) is 0 Å². The van der Waals surface area contributed by atoms with E-state index in [1.165, 1.54) is 11.8 Å². The van der Waals surface area contributed by atoms with Crippen LogP contribution in [0.4, 0.5) is 11.6 Å². The van der Waals surface area contributed by atoms with Gasteiger partial charge < -0.3 is 15.4 Å². The van der Waals surface area contributed by atoms with E-state index in [9.17, 15) is 13.2 Å². The first kappa shape index (κ1) is 17.3. The Kier molecular flexibility index (Phi) is 5.59. The molecule has 1 aromatic rings. The maximum atomic E-state index is 11.9. The Morgan fingerprint density at radius 2 is 1.95 bits per heavy atom. The predicted molar refractivity (Wildman–Crippen MR) is 81.3 cm³/mol. The third-order valence-electron chi connectivity index (χ3n) is 3.10. The van der Waals surface area contributed by atoms with Gasteiger partial charge in [-0.1, -0.05) is 0 Å². The quantitative estimate of drug-likeness (QED) is 0.713. The van der Waals surface area contributed by atoms with E-state index in [0.717, 1.165) is 6.26 Å². The van der Waals surface area contributed by atoms with Crippen LogP contribution in [0.2, 0.25) is 0 Å². The molecule has 2 N–H and O–H groups in total. The van der Waals surface area contributed by atoms with Crippen molar-refractivity contribution in [3.05, 3.63) is 5.56 Å². The number of aromatic nitrogens is 2. The molecule has 9 heteroatoms. The SMILES string of the molecule is CCN(CC)c1nn(CCS(C)(=O)=O)c(N)c1C(=O)OC. The molecule has 0 atom stereocenters. The van der Waals surface area contributed by atoms with Gasteiger partial charge in [-0.3, -0.25) is 0 Å². The highest BCUT2D eigenvalue weighted by atomic mass is 32.2. The van der Waals surface area contributed by atoms with Crippen LogP contribution in [-0.4, -0.2) is 56.4 Å². The molecule has 0 aromatic carbocycles. The van der Waals surface area contributed by atoms with Gasteiger partial charge in [0.1, 0.15) is 21.2 Å². The second-order valence-electron chi connectivity index (χ2n) is 4.60. The Labute approximate surface area is 124 Å². The number of nitrogens with zero attached hydrogens (tertiary/aromatic N) is 3. The highest BCUT2D eigenvalue weighted by molar-refractivity contribution is 7.90. The number of hydrogen-bond donors (Lipinski definition) is 1. The standard InChI is InChI=1S/C12H22N4O4S/c1-5-15(6-2)11-9(12(17)20-3)10(13)16(14-11)7-8-21(4,18)19/h5-8,13H2,1-4H3. The summed E-state index contributed by atoms with van der Waals surface area (Å²) >= 11 is 0. The highest BCUT2D eigenvalue weighted by Gasteiger charge is 2.26. The number of nitrogen functional groups attached to an aromatic ring is 1. The summed E-state index contributed by atoms with van der Waals surface area (Å²) in [4.78, 5) is 13.8. The molecule has 0 aliphatic carbocycles. The first-order chi connectivity index (χ1) is 9.75. The van der Waals surface area contributed by atoms with Crippen molar-refractivity contribution in [1.29, 1.82) is 0 Å². The van der Waals surface area contributed by atoms with Gasteiger partial charge in [-0.25, -0.2) is 17.9 Å². The van der Waals surface area contributed by atoms with Crippen LogP contribution in [-0.2, 0) is 21.1 Å². The van der Waals surface area contributed by atoms with Gasteiger partial charge in [0.15, 0.2) is 5.82 Å². The van der Waals surface area contributed by atoms with E-state index < -0.39 is 15.8 Å². The summed E-state index contributed by atoms with van der Waals surface area (Å²) in [6.07, 6.45) is 1.14. The molecular weight excluding hydrogens is 296 g/mol. The molecule has 0 fully saturated rings. The number of rotatable bonds is 7. The molecule has 0 amide bonds. The number of carbonyl (C=O) groups excluding carboxylic acids is 1. The van der Waals surface area contributed by atoms with Crippen molar-refractivity contribution < 1.29 is 17.9 Å². The molecule has 0 saturated heterocycles. The average molecular weight is 318 g/mol. The summed E-state index contributed by atoms with van der Waals surface area (Å²) in [6, 6.07) is 0. The summed E-state index contributed by atoms with van der Waals surface area (Å²) in [6.45, 7) is 5.23. The molecule has 0 aliphatic rings. The molecule has 1 rings (SSSR count). The van der Waals surface area contributed by atoms with E-state index in [1.807, 2.05) is 18.7 Å². The second kappa shape index (κ2) is 6.79. The predicted octanol–water partition coefficient (Wildman–Crippen LogP) is 0.143. The Bertz CT molecular complexity index is 605. The van der Waals surface area contributed by atoms with E-state index in [1.54, 1.807) is 0 Å². The number of carbonyl (C=O) groups is 1. The van der Waals surface area contributed by atoms with Gasteiger partial charge in [-0.2, -0.15) is 5.10 Å². The fourth-order valence-corrected chi connectivity index (χ4v) is 2.43. The van der Waals surface area contributed by atoms with E-state index in [4.69, 9.17) is 10.5 Å². The van der Waals surface area contributed by atoms with Gasteiger partial charge in [0, 0.05) is 19.3 Å². The van der Waals surface area contributed by atoms with E-state index >= 15 is 0 Å². The molecule has 0 aliphatic heterocycles. The Balaban J connectivity index is 3.26. The van der Waals surface area contributed by atoms with Gasteiger partial charge in [0.25, 0.3) is 0 Å². The molecular formula is C12H22N4O4S. The first-order valence-corrected chi connectivity index (χ1v) is 8.68. The molecule has 0 radical (unpaired) electrons. The van der Waals surface area contributed by atoms with E-state index in [-0.39, 0.29) is 23.7 Å². The second-order valence-corrected chi connectivity index (χ2v) is 6.86. The monoisotopic (exact) mass is 318 g/mol. The number of esters is 1. The number of sulfone groups is 1. The summed E-state index contributed by atoms with van der Waals surface area (Å²) in [5, 5.41) is 4.28. The lowest BCUT2D eigenvalue weighted by molar-refractivity contribution is 0.0602. The van der Waals surface area contributed by atoms with Crippen molar-refractivity contribution in [2.24, 2.45) is 0 Å². The fraction of sp³-hybridized carbons (Fsp3) is 0.667. The minimum Gasteiger partial charge on any atom is -0.465 e. The minimum absolute atomic E-state index is 0.0932. The number of methoxy groups -OCH3 is 1. The fourth-order valence-electron chi connectivity index (χ4n) is 1.93. The van der Waals surface area contributed by atoms with Crippen LogP contribution in [0, 0.1) is 0 Å². The van der Waals surface area contributed by atoms with Gasteiger partial charge in [0.05, 0.1) is 19.4 Å². The van der Waals surface area contributed by atoms with Crippen LogP contribution in [0.15, 0.2) is 0 Å². The summed E-state index contributed by atoms with van der Waals surface area (Å²) < 4.78 is 28.6. The summed E-state index contributed by atoms with van der Waals surface area (Å²) in [5.74, 6) is -0.151. The van der Waals surface area contributed by atoms with Crippen molar-refractivity contribution in [1.82, 2.24) is 9.78 Å². The Hall–Kier alpha value is -1.77. The maximum absolute atomic E-state index is 11.9. The zero-order valence-corrected chi connectivity index (χ0v) is 13.6. The number of anilines is 2. The van der Waals surface area contributed by atoms with Gasteiger partial charge >= 0.3 is 5.97 Å². The molecule has 1 aromatic heterocycles. The Morgan fingerprint density at radius 3 is 2.38 bits per heavy atom. The lowest BCUT2D eigenvalue weighted by Crippen LogP contribution is -2.24. The van der Waals surface area contributed by atoms with Crippen LogP contribution in [0.1, 0.15) is 24.2 Å². The largest absolute Gasteiger partial charge is 0.465 e.